The Morgan fingerprint density at radius 3 is 2.17 bits per heavy atom. The summed E-state index contributed by atoms with van der Waals surface area (Å²) in [5.41, 5.74) is 5.89. The van der Waals surface area contributed by atoms with Gasteiger partial charge in [0.25, 0.3) is 0 Å². The smallest absolute Gasteiger partial charge is 0.331 e. The molecule has 10 nitrogen and oxygen atoms in total. The summed E-state index contributed by atoms with van der Waals surface area (Å²) in [7, 11) is -3.40. The Labute approximate surface area is 220 Å². The molecule has 4 N–H and O–H groups in total. The van der Waals surface area contributed by atoms with Crippen LogP contribution in [0.1, 0.15) is 81.7 Å². The predicted octanol–water partition coefficient (Wildman–Crippen LogP) is 5.47. The first-order chi connectivity index (χ1) is 16.8. The van der Waals surface area contributed by atoms with Crippen molar-refractivity contribution in [3.63, 3.8) is 0 Å². The van der Waals surface area contributed by atoms with E-state index in [1.165, 1.54) is 6.33 Å². The average molecular weight is 550 g/mol. The van der Waals surface area contributed by atoms with E-state index in [0.717, 1.165) is 0 Å². The lowest BCUT2D eigenvalue weighted by molar-refractivity contribution is -0.0267. The highest BCUT2D eigenvalue weighted by Gasteiger charge is 2.56. The molecule has 12 heteroatoms. The molecule has 3 rings (SSSR count). The van der Waals surface area contributed by atoms with E-state index in [4.69, 9.17) is 26.4 Å². The summed E-state index contributed by atoms with van der Waals surface area (Å²) in [6, 6.07) is -0.554. The number of aliphatic hydroxyl groups excluding tert-OH is 2. The molecule has 1 unspecified atom stereocenters. The van der Waals surface area contributed by atoms with Crippen molar-refractivity contribution in [2.75, 3.05) is 11.9 Å². The maximum Gasteiger partial charge on any atom is 0.331 e. The minimum Gasteiger partial charge on any atom is -0.390 e. The standard InChI is InChI=1S/C20H33ClN5O5P.2C2H6/c1-10(2)30-32(29,31-11(3)4)8-7-20(6)12(5)14(15(27)16(20)28)26-9-23-13-17(22)24-19(21)25-18(13)26;2*1-2/h9-12,14-16,27-28H,7-8H2,1-6H3,(H2,22,24,25);2*1-2H3/t12-,14?,15+,16+,20+;;/m1../s1. The van der Waals surface area contributed by atoms with Crippen LogP contribution >= 0.6 is 19.2 Å². The normalized spacial score (nSPS) is 26.1. The molecular formula is C24H45ClN5O5P. The van der Waals surface area contributed by atoms with E-state index in [2.05, 4.69) is 15.0 Å². The van der Waals surface area contributed by atoms with E-state index >= 15 is 0 Å². The van der Waals surface area contributed by atoms with Crippen LogP contribution in [0.25, 0.3) is 11.2 Å². The van der Waals surface area contributed by atoms with E-state index in [-0.39, 0.29) is 35.4 Å². The van der Waals surface area contributed by atoms with Gasteiger partial charge in [-0.15, -0.1) is 0 Å². The van der Waals surface area contributed by atoms with Gasteiger partial charge in [0.15, 0.2) is 11.5 Å². The minimum atomic E-state index is -3.40. The van der Waals surface area contributed by atoms with Crippen molar-refractivity contribution in [1.29, 1.82) is 0 Å². The fraction of sp³-hybridized carbons (Fsp3) is 0.792. The number of hydrogen-bond acceptors (Lipinski definition) is 9. The highest BCUT2D eigenvalue weighted by molar-refractivity contribution is 7.53. The molecule has 1 aliphatic rings. The van der Waals surface area contributed by atoms with Crippen molar-refractivity contribution < 1.29 is 23.8 Å². The zero-order valence-electron chi connectivity index (χ0n) is 23.3. The number of fused-ring (bicyclic) bond motifs is 1. The summed E-state index contributed by atoms with van der Waals surface area (Å²) < 4.78 is 26.3. The number of halogens is 1. The van der Waals surface area contributed by atoms with Gasteiger partial charge in [-0.25, -0.2) is 4.98 Å². The molecule has 0 amide bonds. The third kappa shape index (κ3) is 6.97. The largest absolute Gasteiger partial charge is 0.390 e. The second-order valence-electron chi connectivity index (χ2n) is 9.32. The van der Waals surface area contributed by atoms with Crippen molar-refractivity contribution in [1.82, 2.24) is 19.5 Å². The number of rotatable bonds is 8. The number of nitrogens with two attached hydrogens (primary N) is 1. The number of anilines is 1. The van der Waals surface area contributed by atoms with E-state index < -0.39 is 31.3 Å². The average Bonchev–Trinajstić information content (AvgIpc) is 3.28. The van der Waals surface area contributed by atoms with Crippen LogP contribution < -0.4 is 5.73 Å². The highest BCUT2D eigenvalue weighted by atomic mass is 35.5. The quantitative estimate of drug-likeness (QED) is 0.288. The summed E-state index contributed by atoms with van der Waals surface area (Å²) in [5.74, 6) is -0.105. The van der Waals surface area contributed by atoms with E-state index in [9.17, 15) is 14.8 Å². The summed E-state index contributed by atoms with van der Waals surface area (Å²) in [6.45, 7) is 19.0. The molecule has 208 valence electrons. The maximum absolute atomic E-state index is 13.3. The molecule has 2 aromatic rings. The Bertz CT molecular complexity index is 1010. The van der Waals surface area contributed by atoms with Crippen molar-refractivity contribution in [3.05, 3.63) is 11.6 Å². The van der Waals surface area contributed by atoms with Gasteiger partial charge in [-0.3, -0.25) is 4.57 Å². The number of nitrogen functional groups attached to an aromatic ring is 1. The summed E-state index contributed by atoms with van der Waals surface area (Å²) in [6.07, 6.45) is -0.785. The number of nitrogens with zero attached hydrogens (tertiary/aromatic N) is 4. The van der Waals surface area contributed by atoms with Crippen molar-refractivity contribution >= 4 is 36.2 Å². The zero-order valence-corrected chi connectivity index (χ0v) is 24.9. The number of aliphatic hydroxyl groups is 2. The first kappa shape index (κ1) is 32.7. The van der Waals surface area contributed by atoms with Gasteiger partial charge < -0.3 is 29.6 Å². The zero-order chi connectivity index (χ0) is 28.0. The second-order valence-corrected chi connectivity index (χ2v) is 11.7. The molecule has 0 saturated heterocycles. The van der Waals surface area contributed by atoms with Gasteiger partial charge in [0.1, 0.15) is 11.6 Å². The lowest BCUT2D eigenvalue weighted by atomic mass is 9.76. The number of aromatic nitrogens is 4. The molecule has 0 aliphatic heterocycles. The minimum absolute atomic E-state index is 0.0298. The van der Waals surface area contributed by atoms with Crippen LogP contribution in [-0.2, 0) is 13.6 Å². The number of imidazole rings is 1. The molecule has 36 heavy (non-hydrogen) atoms. The van der Waals surface area contributed by atoms with Crippen molar-refractivity contribution in [3.8, 4) is 0 Å². The van der Waals surface area contributed by atoms with E-state index in [0.29, 0.717) is 17.6 Å². The predicted molar refractivity (Wildman–Crippen MR) is 145 cm³/mol. The third-order valence-electron chi connectivity index (χ3n) is 6.31. The Balaban J connectivity index is 0.00000154. The van der Waals surface area contributed by atoms with Gasteiger partial charge in [-0.2, -0.15) is 9.97 Å². The Morgan fingerprint density at radius 2 is 1.67 bits per heavy atom. The van der Waals surface area contributed by atoms with Gasteiger partial charge in [-0.1, -0.05) is 41.5 Å². The molecule has 1 fully saturated rings. The van der Waals surface area contributed by atoms with Gasteiger partial charge in [-0.05, 0) is 51.6 Å². The topological polar surface area (TPSA) is 146 Å². The molecule has 0 aromatic carbocycles. The van der Waals surface area contributed by atoms with Crippen molar-refractivity contribution in [2.45, 2.75) is 106 Å². The molecule has 2 heterocycles. The molecule has 0 spiro atoms. The van der Waals surface area contributed by atoms with Crippen LogP contribution in [0.3, 0.4) is 0 Å². The van der Waals surface area contributed by atoms with Crippen LogP contribution in [0.5, 0.6) is 0 Å². The van der Waals surface area contributed by atoms with E-state index in [1.807, 2.05) is 41.5 Å². The van der Waals surface area contributed by atoms with Crippen LogP contribution in [0.15, 0.2) is 6.33 Å². The molecular weight excluding hydrogens is 505 g/mol. The molecule has 2 aromatic heterocycles. The van der Waals surface area contributed by atoms with Crippen LogP contribution in [0.4, 0.5) is 5.82 Å². The summed E-state index contributed by atoms with van der Waals surface area (Å²) >= 11 is 5.99. The Kier molecular flexibility index (Phi) is 12.3. The Hall–Kier alpha value is -1.29. The van der Waals surface area contributed by atoms with Crippen LogP contribution in [-0.4, -0.2) is 60.3 Å². The van der Waals surface area contributed by atoms with Gasteiger partial charge in [0.2, 0.25) is 5.28 Å². The molecule has 0 bridgehead atoms. The van der Waals surface area contributed by atoms with E-state index in [1.54, 1.807) is 32.3 Å². The highest BCUT2D eigenvalue weighted by Crippen LogP contribution is 2.57. The first-order valence-electron chi connectivity index (χ1n) is 12.8. The third-order valence-corrected chi connectivity index (χ3v) is 8.74. The van der Waals surface area contributed by atoms with Crippen LogP contribution in [0.2, 0.25) is 5.28 Å². The first-order valence-corrected chi connectivity index (χ1v) is 14.9. The lowest BCUT2D eigenvalue weighted by Crippen LogP contribution is -2.36. The SMILES string of the molecule is CC.CC.CC(C)OP(=O)(CC[C@@]1(C)[C@H](C)C(n2cnc3c(N)nc(Cl)nc32)[C@H](O)[C@@H]1O)OC(C)C. The van der Waals surface area contributed by atoms with Crippen LogP contribution in [0, 0.1) is 11.3 Å². The molecule has 1 aliphatic carbocycles. The van der Waals surface area contributed by atoms with Gasteiger partial charge in [0, 0.05) is 5.41 Å². The van der Waals surface area contributed by atoms with Gasteiger partial charge >= 0.3 is 7.60 Å². The summed E-state index contributed by atoms with van der Waals surface area (Å²) in [5, 5.41) is 22.0. The maximum atomic E-state index is 13.3. The van der Waals surface area contributed by atoms with Crippen molar-refractivity contribution in [2.24, 2.45) is 11.3 Å². The van der Waals surface area contributed by atoms with Gasteiger partial charge in [0.05, 0.1) is 36.8 Å². The Morgan fingerprint density at radius 1 is 1.14 bits per heavy atom. The summed E-state index contributed by atoms with van der Waals surface area (Å²) in [4.78, 5) is 12.4. The number of hydrogen-bond donors (Lipinski definition) is 3. The second kappa shape index (κ2) is 13.5. The molecule has 5 atom stereocenters. The fourth-order valence-corrected chi connectivity index (χ4v) is 7.06. The molecule has 1 saturated carbocycles. The molecule has 0 radical (unpaired) electrons. The fourth-order valence-electron chi connectivity index (χ4n) is 4.59. The monoisotopic (exact) mass is 549 g/mol. The lowest BCUT2D eigenvalue weighted by Gasteiger charge is -2.35.